The maximum atomic E-state index is 10.1. The summed E-state index contributed by atoms with van der Waals surface area (Å²) in [6.45, 7) is -0.696. The molecule has 1 aliphatic rings. The Bertz CT molecular complexity index is 798. The van der Waals surface area contributed by atoms with E-state index in [0.717, 1.165) is 0 Å². The molecule has 0 radical (unpaired) electrons. The SMILES string of the molecule is Nc1nc(CC#CCO)nc2c1ncn2[C@@H]1O[C@H](CO)[C@@H](O)[C@H]1O. The Morgan fingerprint density at radius 1 is 1.21 bits per heavy atom. The fourth-order valence-corrected chi connectivity index (χ4v) is 2.56. The summed E-state index contributed by atoms with van der Waals surface area (Å²) in [5.74, 6) is 5.66. The topological polar surface area (TPSA) is 160 Å². The molecule has 0 aliphatic carbocycles. The van der Waals surface area contributed by atoms with E-state index in [4.69, 9.17) is 15.6 Å². The molecular weight excluding hydrogens is 318 g/mol. The molecule has 3 heterocycles. The van der Waals surface area contributed by atoms with Gasteiger partial charge in [-0.05, 0) is 0 Å². The van der Waals surface area contributed by atoms with Crippen molar-refractivity contribution < 1.29 is 25.2 Å². The minimum absolute atomic E-state index is 0.145. The number of rotatable bonds is 3. The van der Waals surface area contributed by atoms with Crippen LogP contribution >= 0.6 is 0 Å². The van der Waals surface area contributed by atoms with E-state index in [9.17, 15) is 15.3 Å². The predicted octanol–water partition coefficient (Wildman–Crippen LogP) is -2.44. The van der Waals surface area contributed by atoms with Gasteiger partial charge in [0.1, 0.15) is 36.3 Å². The van der Waals surface area contributed by atoms with Gasteiger partial charge >= 0.3 is 0 Å². The summed E-state index contributed by atoms with van der Waals surface area (Å²) < 4.78 is 6.91. The van der Waals surface area contributed by atoms with Crippen LogP contribution in [0.2, 0.25) is 0 Å². The summed E-state index contributed by atoms with van der Waals surface area (Å²) in [4.78, 5) is 12.5. The Labute approximate surface area is 136 Å². The zero-order valence-electron chi connectivity index (χ0n) is 12.6. The molecule has 0 bridgehead atoms. The molecule has 10 nitrogen and oxygen atoms in total. The number of ether oxygens (including phenoxy) is 1. The Balaban J connectivity index is 2.00. The van der Waals surface area contributed by atoms with Gasteiger partial charge in [-0.2, -0.15) is 0 Å². The third kappa shape index (κ3) is 2.79. The first-order valence-electron chi connectivity index (χ1n) is 7.24. The zero-order valence-corrected chi connectivity index (χ0v) is 12.6. The van der Waals surface area contributed by atoms with E-state index < -0.39 is 31.1 Å². The van der Waals surface area contributed by atoms with Crippen LogP contribution in [0.25, 0.3) is 11.2 Å². The fraction of sp³-hybridized carbons (Fsp3) is 0.500. The van der Waals surface area contributed by atoms with Crippen molar-refractivity contribution in [1.82, 2.24) is 19.5 Å². The van der Waals surface area contributed by atoms with Crippen LogP contribution < -0.4 is 5.73 Å². The third-order valence-corrected chi connectivity index (χ3v) is 3.74. The second-order valence-corrected chi connectivity index (χ2v) is 5.27. The van der Waals surface area contributed by atoms with Crippen molar-refractivity contribution in [3.8, 4) is 11.8 Å². The van der Waals surface area contributed by atoms with Gasteiger partial charge in [-0.3, -0.25) is 4.57 Å². The van der Waals surface area contributed by atoms with Gasteiger partial charge in [0.2, 0.25) is 0 Å². The number of hydrogen-bond acceptors (Lipinski definition) is 9. The number of nitrogens with two attached hydrogens (primary N) is 1. The number of nitrogens with zero attached hydrogens (tertiary/aromatic N) is 4. The fourth-order valence-electron chi connectivity index (χ4n) is 2.56. The van der Waals surface area contributed by atoms with Crippen LogP contribution in [-0.4, -0.2) is 71.5 Å². The Morgan fingerprint density at radius 3 is 2.67 bits per heavy atom. The molecule has 3 rings (SSSR count). The highest BCUT2D eigenvalue weighted by atomic mass is 16.6. The molecule has 24 heavy (non-hydrogen) atoms. The van der Waals surface area contributed by atoms with E-state index >= 15 is 0 Å². The monoisotopic (exact) mass is 335 g/mol. The second kappa shape index (κ2) is 6.68. The van der Waals surface area contributed by atoms with Crippen molar-refractivity contribution in [2.45, 2.75) is 31.0 Å². The highest BCUT2D eigenvalue weighted by molar-refractivity contribution is 5.81. The van der Waals surface area contributed by atoms with Gasteiger partial charge in [-0.1, -0.05) is 11.8 Å². The second-order valence-electron chi connectivity index (χ2n) is 5.27. The molecule has 10 heteroatoms. The zero-order chi connectivity index (χ0) is 17.3. The first-order chi connectivity index (χ1) is 11.6. The summed E-state index contributed by atoms with van der Waals surface area (Å²) in [5, 5.41) is 37.9. The van der Waals surface area contributed by atoms with Gasteiger partial charge in [-0.15, -0.1) is 0 Å². The summed E-state index contributed by atoms with van der Waals surface area (Å²) in [5.41, 5.74) is 6.51. The van der Waals surface area contributed by atoms with Crippen LogP contribution in [-0.2, 0) is 11.2 Å². The third-order valence-electron chi connectivity index (χ3n) is 3.74. The Morgan fingerprint density at radius 2 is 2.00 bits per heavy atom. The number of fused-ring (bicyclic) bond motifs is 1. The minimum Gasteiger partial charge on any atom is -0.394 e. The lowest BCUT2D eigenvalue weighted by Crippen LogP contribution is -2.33. The molecule has 0 spiro atoms. The predicted molar refractivity (Wildman–Crippen MR) is 81.3 cm³/mol. The van der Waals surface area contributed by atoms with Crippen LogP contribution in [0.5, 0.6) is 0 Å². The van der Waals surface area contributed by atoms with E-state index in [0.29, 0.717) is 17.0 Å². The maximum absolute atomic E-state index is 10.1. The minimum atomic E-state index is -1.26. The molecule has 0 saturated carbocycles. The first-order valence-corrected chi connectivity index (χ1v) is 7.24. The van der Waals surface area contributed by atoms with Gasteiger partial charge in [-0.25, -0.2) is 15.0 Å². The van der Waals surface area contributed by atoms with E-state index in [1.165, 1.54) is 10.9 Å². The standard InChI is InChI=1S/C14H17N5O5/c15-12-9-13(18-8(17-12)3-1-2-4-20)19(6-16-9)14-11(23)10(22)7(5-21)24-14/h6-7,10-11,14,20-23H,3-5H2,(H2,15,17,18)/t7-,10-,11-,14-/m1/s1. The molecular formula is C14H17N5O5. The number of aromatic nitrogens is 4. The van der Waals surface area contributed by atoms with Gasteiger partial charge in [0.05, 0.1) is 19.4 Å². The summed E-state index contributed by atoms with van der Waals surface area (Å²) in [6.07, 6.45) is -2.80. The number of aliphatic hydroxyl groups excluding tert-OH is 4. The van der Waals surface area contributed by atoms with E-state index in [-0.39, 0.29) is 18.8 Å². The van der Waals surface area contributed by atoms with Crippen LogP contribution in [0.3, 0.4) is 0 Å². The van der Waals surface area contributed by atoms with Crippen molar-refractivity contribution in [2.24, 2.45) is 0 Å². The number of nitrogen functional groups attached to an aromatic ring is 1. The summed E-state index contributed by atoms with van der Waals surface area (Å²) in [7, 11) is 0. The Kier molecular flexibility index (Phi) is 4.61. The summed E-state index contributed by atoms with van der Waals surface area (Å²) in [6, 6.07) is 0. The van der Waals surface area contributed by atoms with Gasteiger partial charge in [0.25, 0.3) is 0 Å². The van der Waals surface area contributed by atoms with Crippen LogP contribution in [0.4, 0.5) is 5.82 Å². The van der Waals surface area contributed by atoms with E-state index in [1.807, 2.05) is 0 Å². The van der Waals surface area contributed by atoms with Gasteiger partial charge in [0, 0.05) is 0 Å². The normalized spacial score (nSPS) is 26.5. The molecule has 128 valence electrons. The van der Waals surface area contributed by atoms with Crippen molar-refractivity contribution in [3.63, 3.8) is 0 Å². The lowest BCUT2D eigenvalue weighted by Gasteiger charge is -2.16. The molecule has 1 fully saturated rings. The van der Waals surface area contributed by atoms with E-state index in [2.05, 4.69) is 26.8 Å². The average Bonchev–Trinajstić information content (AvgIpc) is 3.10. The quantitative estimate of drug-likeness (QED) is 0.384. The van der Waals surface area contributed by atoms with Crippen LogP contribution in [0.15, 0.2) is 6.33 Å². The van der Waals surface area contributed by atoms with Crippen LogP contribution in [0, 0.1) is 11.8 Å². The number of anilines is 1. The Hall–Kier alpha value is -2.29. The van der Waals surface area contributed by atoms with Crippen LogP contribution in [0.1, 0.15) is 12.1 Å². The molecule has 2 aromatic heterocycles. The molecule has 1 aliphatic heterocycles. The molecule has 0 aromatic carbocycles. The van der Waals surface area contributed by atoms with Gasteiger partial charge in [0.15, 0.2) is 17.7 Å². The average molecular weight is 335 g/mol. The molecule has 4 atom stereocenters. The molecule has 0 unspecified atom stereocenters. The molecule has 6 N–H and O–H groups in total. The van der Waals surface area contributed by atoms with Crippen molar-refractivity contribution in [2.75, 3.05) is 18.9 Å². The summed E-state index contributed by atoms with van der Waals surface area (Å²) >= 11 is 0. The van der Waals surface area contributed by atoms with E-state index in [1.54, 1.807) is 0 Å². The first kappa shape index (κ1) is 16.6. The molecule has 0 amide bonds. The highest BCUT2D eigenvalue weighted by Gasteiger charge is 2.44. The van der Waals surface area contributed by atoms with Crippen molar-refractivity contribution in [3.05, 3.63) is 12.2 Å². The number of hydrogen-bond donors (Lipinski definition) is 5. The number of aliphatic hydroxyl groups is 4. The van der Waals surface area contributed by atoms with Crippen molar-refractivity contribution in [1.29, 1.82) is 0 Å². The smallest absolute Gasteiger partial charge is 0.168 e. The molecule has 2 aromatic rings. The lowest BCUT2D eigenvalue weighted by atomic mass is 10.1. The highest BCUT2D eigenvalue weighted by Crippen LogP contribution is 2.31. The number of imidazole rings is 1. The van der Waals surface area contributed by atoms with Crippen molar-refractivity contribution >= 4 is 17.0 Å². The largest absolute Gasteiger partial charge is 0.394 e. The maximum Gasteiger partial charge on any atom is 0.168 e. The van der Waals surface area contributed by atoms with Gasteiger partial charge < -0.3 is 30.9 Å². The molecule has 1 saturated heterocycles. The lowest BCUT2D eigenvalue weighted by molar-refractivity contribution is -0.0511.